The van der Waals surface area contributed by atoms with E-state index in [9.17, 15) is 30.6 Å². The van der Waals surface area contributed by atoms with Crippen LogP contribution >= 0.6 is 17.2 Å². The lowest BCUT2D eigenvalue weighted by atomic mass is 9.78. The Labute approximate surface area is 268 Å². The third-order valence-corrected chi connectivity index (χ3v) is 9.54. The molecule has 44 heavy (non-hydrogen) atoms. The second kappa shape index (κ2) is 30.7. The molecular formula is C30H66O12P2. The number of rotatable bonds is 30. The zero-order valence-electron chi connectivity index (χ0n) is 27.3. The molecular weight excluding hydrogens is 614 g/mol. The van der Waals surface area contributed by atoms with Crippen molar-refractivity contribution < 1.29 is 59.3 Å². The van der Waals surface area contributed by atoms with Gasteiger partial charge in [0, 0.05) is 0 Å². The smallest absolute Gasteiger partial charge is 0.334 e. The summed E-state index contributed by atoms with van der Waals surface area (Å²) in [5.74, 6) is 0. The van der Waals surface area contributed by atoms with Gasteiger partial charge in [0.25, 0.3) is 0 Å². The van der Waals surface area contributed by atoms with Crippen molar-refractivity contribution in [2.24, 2.45) is 10.8 Å². The fraction of sp³-hybridized carbons (Fsp3) is 1.00. The highest BCUT2D eigenvalue weighted by molar-refractivity contribution is 7.53. The Morgan fingerprint density at radius 1 is 0.432 bits per heavy atom. The minimum Gasteiger partial charge on any atom is -0.396 e. The summed E-state index contributed by atoms with van der Waals surface area (Å²) in [6.45, 7) is 1.81. The van der Waals surface area contributed by atoms with Crippen molar-refractivity contribution in [1.29, 1.82) is 0 Å². The minimum absolute atomic E-state index is 0.434. The summed E-state index contributed by atoms with van der Waals surface area (Å²) in [5.41, 5.74) is -2.46. The number of hydrogen-bond donors (Lipinski definition) is 10. The number of unbranched alkanes of at least 4 members (excludes halogenated alkanes) is 14. The van der Waals surface area contributed by atoms with Crippen LogP contribution in [0.2, 0.25) is 0 Å². The molecule has 0 saturated heterocycles. The van der Waals surface area contributed by atoms with Crippen molar-refractivity contribution in [1.82, 2.24) is 0 Å². The number of aliphatic hydroxyl groups excluding tert-OH is 6. The molecule has 0 aliphatic heterocycles. The molecule has 10 N–H and O–H groups in total. The van der Waals surface area contributed by atoms with Gasteiger partial charge in [0.2, 0.25) is 0 Å². The molecule has 0 spiro atoms. The second-order valence-corrected chi connectivity index (χ2v) is 13.6. The Bertz CT molecular complexity index is 532. The fourth-order valence-corrected chi connectivity index (χ4v) is 5.66. The molecule has 0 saturated carbocycles. The van der Waals surface area contributed by atoms with E-state index in [-0.39, 0.29) is 0 Å². The van der Waals surface area contributed by atoms with Crippen LogP contribution in [0.25, 0.3) is 0 Å². The number of aliphatic hydroxyl groups is 6. The third-order valence-electron chi connectivity index (χ3n) is 8.37. The van der Waals surface area contributed by atoms with Crippen LogP contribution in [0.5, 0.6) is 0 Å². The summed E-state index contributed by atoms with van der Waals surface area (Å²) >= 11 is 0. The summed E-state index contributed by atoms with van der Waals surface area (Å²) in [4.78, 5) is 31.3. The molecule has 0 heterocycles. The average molecular weight is 681 g/mol. The van der Waals surface area contributed by atoms with Crippen molar-refractivity contribution in [3.05, 3.63) is 0 Å². The van der Waals surface area contributed by atoms with Crippen LogP contribution in [-0.2, 0) is 9.05 Å². The van der Waals surface area contributed by atoms with Crippen LogP contribution in [0.3, 0.4) is 0 Å². The quantitative estimate of drug-likeness (QED) is 0.0382. The van der Waals surface area contributed by atoms with Crippen LogP contribution in [0.4, 0.5) is 0 Å². The van der Waals surface area contributed by atoms with E-state index in [0.717, 1.165) is 38.5 Å². The van der Waals surface area contributed by atoms with Gasteiger partial charge in [-0.25, -0.2) is 4.31 Å². The summed E-state index contributed by atoms with van der Waals surface area (Å²) in [6, 6.07) is 0. The van der Waals surface area contributed by atoms with Crippen molar-refractivity contribution in [3.8, 4) is 0 Å². The van der Waals surface area contributed by atoms with Gasteiger partial charge in [-0.05, 0) is 12.8 Å². The van der Waals surface area contributed by atoms with Gasteiger partial charge in [0.15, 0.2) is 0 Å². The minimum atomic E-state index is -2.61. The fourth-order valence-electron chi connectivity index (χ4n) is 5.14. The largest absolute Gasteiger partial charge is 0.396 e. The molecule has 0 amide bonds. The van der Waals surface area contributed by atoms with Crippen LogP contribution in [0.1, 0.15) is 129 Å². The van der Waals surface area contributed by atoms with Crippen LogP contribution in [-0.4, -0.2) is 102 Å². The van der Waals surface area contributed by atoms with E-state index in [4.69, 9.17) is 24.3 Å². The zero-order valence-corrected chi connectivity index (χ0v) is 29.1. The maximum atomic E-state index is 10.1. The molecule has 0 aromatic heterocycles. The Morgan fingerprint density at radius 2 is 0.682 bits per heavy atom. The van der Waals surface area contributed by atoms with Gasteiger partial charge in [-0.2, -0.15) is 0 Å². The van der Waals surface area contributed by atoms with Crippen molar-refractivity contribution in [2.75, 3.05) is 39.6 Å². The molecule has 14 heteroatoms. The van der Waals surface area contributed by atoms with E-state index in [1.807, 2.05) is 0 Å². The molecule has 0 rings (SSSR count). The molecule has 2 unspecified atom stereocenters. The predicted molar refractivity (Wildman–Crippen MR) is 174 cm³/mol. The van der Waals surface area contributed by atoms with Crippen molar-refractivity contribution in [3.63, 3.8) is 0 Å². The topological polar surface area (TPSA) is 221 Å². The highest BCUT2D eigenvalue weighted by Gasteiger charge is 2.45. The van der Waals surface area contributed by atoms with Gasteiger partial charge >= 0.3 is 17.2 Å². The molecule has 12 nitrogen and oxygen atoms in total. The van der Waals surface area contributed by atoms with E-state index in [1.54, 1.807) is 0 Å². The van der Waals surface area contributed by atoms with Crippen LogP contribution in [0.15, 0.2) is 0 Å². The normalized spacial score (nSPS) is 13.8. The predicted octanol–water partition coefficient (Wildman–Crippen LogP) is 4.15. The summed E-state index contributed by atoms with van der Waals surface area (Å²) < 4.78 is 10.1. The first kappa shape index (κ1) is 46.5. The highest BCUT2D eigenvalue weighted by Crippen LogP contribution is 2.41. The van der Waals surface area contributed by atoms with E-state index in [2.05, 4.69) is 18.2 Å². The first-order chi connectivity index (χ1) is 21.1. The van der Waals surface area contributed by atoms with E-state index in [1.165, 1.54) is 64.2 Å². The summed E-state index contributed by atoms with van der Waals surface area (Å²) in [5, 5.41) is 60.9. The Balaban J connectivity index is 0. The van der Waals surface area contributed by atoms with Gasteiger partial charge in [-0.3, -0.25) is 0 Å². The van der Waals surface area contributed by atoms with E-state index < -0.39 is 79.9 Å². The average Bonchev–Trinajstić information content (AvgIpc) is 3.01. The standard InChI is InChI=1S/C30H62O7.H4O5P2/c1-3-5-7-9-11-13-15-17-19-27(29(21-31,22-32)23-33)37-28(30(24-34,25-35)26-36)20-18-16-14-12-10-8-6-4-2;1-6(2)5-7(3)4/h27-28,31-36H,3-26H2,1-2H3;1-4H. The van der Waals surface area contributed by atoms with Crippen molar-refractivity contribution >= 4 is 17.2 Å². The Kier molecular flexibility index (Phi) is 32.4. The molecule has 0 bridgehead atoms. The first-order valence-electron chi connectivity index (χ1n) is 16.5. The van der Waals surface area contributed by atoms with Gasteiger partial charge in [-0.1, -0.05) is 117 Å². The molecule has 2 atom stereocenters. The lowest BCUT2D eigenvalue weighted by molar-refractivity contribution is -0.191. The van der Waals surface area contributed by atoms with Gasteiger partial charge in [0.1, 0.15) is 0 Å². The maximum absolute atomic E-state index is 10.1. The molecule has 0 aliphatic carbocycles. The van der Waals surface area contributed by atoms with Crippen molar-refractivity contribution in [2.45, 2.75) is 142 Å². The van der Waals surface area contributed by atoms with E-state index in [0.29, 0.717) is 12.8 Å². The number of ether oxygens (including phenoxy) is 1. The van der Waals surface area contributed by atoms with E-state index >= 15 is 0 Å². The van der Waals surface area contributed by atoms with Gasteiger partial charge in [-0.15, -0.1) is 0 Å². The molecule has 0 aliphatic rings. The molecule has 0 radical (unpaired) electrons. The molecule has 0 fully saturated rings. The second-order valence-electron chi connectivity index (χ2n) is 11.9. The summed E-state index contributed by atoms with van der Waals surface area (Å²) in [6.07, 6.45) is 18.0. The Morgan fingerprint density at radius 3 is 0.886 bits per heavy atom. The SMILES string of the molecule is CCCCCCCCCCC(OC(CCCCCCCCCC)C(CO)(CO)CO)C(CO)(CO)CO.OP(O)OP(O)O. The highest BCUT2D eigenvalue weighted by atomic mass is 31.2. The lowest BCUT2D eigenvalue weighted by Crippen LogP contribution is -2.53. The number of hydrogen-bond acceptors (Lipinski definition) is 12. The summed E-state index contributed by atoms with van der Waals surface area (Å²) in [7, 11) is -5.22. The maximum Gasteiger partial charge on any atom is 0.334 e. The van der Waals surface area contributed by atoms with Crippen LogP contribution < -0.4 is 0 Å². The molecule has 0 aromatic carbocycles. The van der Waals surface area contributed by atoms with Crippen LogP contribution in [0, 0.1) is 10.8 Å². The first-order valence-corrected chi connectivity index (χ1v) is 18.8. The molecule has 0 aromatic rings. The zero-order chi connectivity index (χ0) is 33.7. The monoisotopic (exact) mass is 680 g/mol. The Hall–Kier alpha value is 0.380. The van der Waals surface area contributed by atoms with Gasteiger partial charge < -0.3 is 54.9 Å². The molecule has 268 valence electrons. The van der Waals surface area contributed by atoms with Gasteiger partial charge in [0.05, 0.1) is 62.7 Å². The third kappa shape index (κ3) is 21.3. The lowest BCUT2D eigenvalue weighted by Gasteiger charge is -2.43.